The number of carboxylic acid groups (broad SMARTS) is 1. The number of oxazole rings is 1. The van der Waals surface area contributed by atoms with E-state index in [-0.39, 0.29) is 11.6 Å². The third kappa shape index (κ3) is 2.54. The number of carboxylic acids is 1. The van der Waals surface area contributed by atoms with Gasteiger partial charge in [0.25, 0.3) is 0 Å². The van der Waals surface area contributed by atoms with Crippen LogP contribution in [0, 0.1) is 0 Å². The summed E-state index contributed by atoms with van der Waals surface area (Å²) in [6.07, 6.45) is 0.111. The Labute approximate surface area is 96.8 Å². The van der Waals surface area contributed by atoms with Crippen LogP contribution in [0.25, 0.3) is 11.1 Å². The van der Waals surface area contributed by atoms with Gasteiger partial charge in [-0.15, -0.1) is 0 Å². The van der Waals surface area contributed by atoms with Crippen molar-refractivity contribution in [2.24, 2.45) is 0 Å². The van der Waals surface area contributed by atoms with E-state index in [9.17, 15) is 4.79 Å². The molecule has 6 nitrogen and oxygen atoms in total. The number of carbonyl (C=O) groups is 1. The number of nitrogens with zero attached hydrogens (tertiary/aromatic N) is 1. The summed E-state index contributed by atoms with van der Waals surface area (Å²) in [5.74, 6) is -1.01. The predicted octanol–water partition coefficient (Wildman–Crippen LogP) is 1.55. The van der Waals surface area contributed by atoms with E-state index in [4.69, 9.17) is 19.0 Å². The van der Waals surface area contributed by atoms with Gasteiger partial charge in [0.05, 0.1) is 12.2 Å². The molecule has 0 bridgehead atoms. The number of hydrogen-bond donors (Lipinski definition) is 1. The molecule has 0 saturated carbocycles. The monoisotopic (exact) mass is 237 g/mol. The zero-order chi connectivity index (χ0) is 12.3. The second-order valence-electron chi connectivity index (χ2n) is 3.31. The molecule has 0 fully saturated rings. The normalized spacial score (nSPS) is 10.6. The van der Waals surface area contributed by atoms with Crippen molar-refractivity contribution in [2.75, 3.05) is 20.3 Å². The minimum atomic E-state index is -1.01. The molecule has 90 valence electrons. The number of ether oxygens (including phenoxy) is 2. The van der Waals surface area contributed by atoms with Crippen molar-refractivity contribution < 1.29 is 23.8 Å². The fraction of sp³-hybridized carbons (Fsp3) is 0.273. The van der Waals surface area contributed by atoms with Crippen LogP contribution in [0.15, 0.2) is 22.6 Å². The third-order valence-corrected chi connectivity index (χ3v) is 2.13. The van der Waals surface area contributed by atoms with Gasteiger partial charge in [0.15, 0.2) is 5.58 Å². The number of methoxy groups -OCH3 is 1. The Balaban J connectivity index is 2.21. The highest BCUT2D eigenvalue weighted by atomic mass is 16.6. The average molecular weight is 237 g/mol. The van der Waals surface area contributed by atoms with Crippen molar-refractivity contribution in [3.63, 3.8) is 0 Å². The van der Waals surface area contributed by atoms with E-state index in [2.05, 4.69) is 4.98 Å². The molecule has 2 rings (SSSR count). The second kappa shape index (κ2) is 4.84. The average Bonchev–Trinajstić information content (AvgIpc) is 2.70. The van der Waals surface area contributed by atoms with Crippen LogP contribution in [0.2, 0.25) is 0 Å². The van der Waals surface area contributed by atoms with Crippen LogP contribution in [0.4, 0.5) is 0 Å². The van der Waals surface area contributed by atoms with E-state index in [0.29, 0.717) is 24.3 Å². The van der Waals surface area contributed by atoms with Crippen molar-refractivity contribution in [3.8, 4) is 6.08 Å². The molecule has 1 aromatic heterocycles. The van der Waals surface area contributed by atoms with Crippen molar-refractivity contribution in [3.05, 3.63) is 23.8 Å². The Morgan fingerprint density at radius 2 is 2.29 bits per heavy atom. The molecule has 0 unspecified atom stereocenters. The lowest BCUT2D eigenvalue weighted by Gasteiger charge is -1.97. The van der Waals surface area contributed by atoms with E-state index >= 15 is 0 Å². The van der Waals surface area contributed by atoms with Crippen LogP contribution in [0.1, 0.15) is 10.4 Å². The van der Waals surface area contributed by atoms with Crippen molar-refractivity contribution in [2.45, 2.75) is 0 Å². The molecule has 2 aromatic rings. The number of rotatable bonds is 5. The lowest BCUT2D eigenvalue weighted by atomic mass is 10.2. The van der Waals surface area contributed by atoms with E-state index < -0.39 is 5.97 Å². The van der Waals surface area contributed by atoms with E-state index in [0.717, 1.165) is 0 Å². The molecule has 17 heavy (non-hydrogen) atoms. The molecule has 0 atom stereocenters. The lowest BCUT2D eigenvalue weighted by molar-refractivity contribution is 0.0697. The van der Waals surface area contributed by atoms with E-state index in [1.54, 1.807) is 13.2 Å². The largest absolute Gasteiger partial charge is 0.478 e. The first-order chi connectivity index (χ1) is 8.20. The maximum atomic E-state index is 10.8. The fourth-order valence-electron chi connectivity index (χ4n) is 1.31. The lowest BCUT2D eigenvalue weighted by Crippen LogP contribution is -2.04. The summed E-state index contributed by atoms with van der Waals surface area (Å²) in [7, 11) is 1.56. The molecule has 0 aliphatic carbocycles. The molecular formula is C11H11NO5. The van der Waals surface area contributed by atoms with Gasteiger partial charge in [0.1, 0.15) is 12.1 Å². The summed E-state index contributed by atoms with van der Waals surface area (Å²) in [6.45, 7) is 0.758. The third-order valence-electron chi connectivity index (χ3n) is 2.13. The molecule has 6 heteroatoms. The van der Waals surface area contributed by atoms with Gasteiger partial charge >= 0.3 is 12.0 Å². The smallest absolute Gasteiger partial charge is 0.394 e. The van der Waals surface area contributed by atoms with Gasteiger partial charge in [-0.25, -0.2) is 4.79 Å². The first-order valence-corrected chi connectivity index (χ1v) is 4.96. The molecule has 0 radical (unpaired) electrons. The van der Waals surface area contributed by atoms with Gasteiger partial charge in [0, 0.05) is 7.11 Å². The number of fused-ring (bicyclic) bond motifs is 1. The van der Waals surface area contributed by atoms with Gasteiger partial charge in [0.2, 0.25) is 0 Å². The highest BCUT2D eigenvalue weighted by Crippen LogP contribution is 2.21. The zero-order valence-electron chi connectivity index (χ0n) is 9.17. The second-order valence-corrected chi connectivity index (χ2v) is 3.31. The summed E-state index contributed by atoms with van der Waals surface area (Å²) >= 11 is 0. The highest BCUT2D eigenvalue weighted by Gasteiger charge is 2.10. The summed E-state index contributed by atoms with van der Waals surface area (Å²) < 4.78 is 15.3. The molecular weight excluding hydrogens is 226 g/mol. The first-order valence-electron chi connectivity index (χ1n) is 4.96. The number of benzene rings is 1. The Morgan fingerprint density at radius 1 is 1.47 bits per heavy atom. The van der Waals surface area contributed by atoms with Crippen LogP contribution in [-0.4, -0.2) is 36.4 Å². The van der Waals surface area contributed by atoms with Gasteiger partial charge in [-0.2, -0.15) is 4.98 Å². The Morgan fingerprint density at radius 3 is 3.00 bits per heavy atom. The standard InChI is InChI=1S/C11H11NO5/c1-15-4-5-16-11-12-8-3-2-7(10(13)14)6-9(8)17-11/h2-3,6H,4-5H2,1H3,(H,13,14). The fourth-order valence-corrected chi connectivity index (χ4v) is 1.31. The van der Waals surface area contributed by atoms with Crippen LogP contribution in [0.5, 0.6) is 6.08 Å². The highest BCUT2D eigenvalue weighted by molar-refractivity contribution is 5.91. The van der Waals surface area contributed by atoms with E-state index in [1.165, 1.54) is 12.1 Å². The topological polar surface area (TPSA) is 81.8 Å². The minimum absolute atomic E-state index is 0.111. The molecule has 1 N–H and O–H groups in total. The molecule has 0 aliphatic heterocycles. The predicted molar refractivity (Wildman–Crippen MR) is 58.3 cm³/mol. The molecule has 0 spiro atoms. The van der Waals surface area contributed by atoms with E-state index in [1.807, 2.05) is 0 Å². The summed E-state index contributed by atoms with van der Waals surface area (Å²) in [6, 6.07) is 4.45. The summed E-state index contributed by atoms with van der Waals surface area (Å²) in [5, 5.41) is 8.81. The molecule has 1 aromatic carbocycles. The maximum absolute atomic E-state index is 10.8. The Hall–Kier alpha value is -2.08. The summed E-state index contributed by atoms with van der Waals surface area (Å²) in [5.41, 5.74) is 1.09. The van der Waals surface area contributed by atoms with Crippen molar-refractivity contribution in [1.29, 1.82) is 0 Å². The quantitative estimate of drug-likeness (QED) is 0.794. The molecule has 0 amide bonds. The first kappa shape index (κ1) is 11.4. The Kier molecular flexibility index (Phi) is 3.24. The van der Waals surface area contributed by atoms with Crippen molar-refractivity contribution >= 4 is 17.1 Å². The molecule has 1 heterocycles. The van der Waals surface area contributed by atoms with Gasteiger partial charge in [-0.3, -0.25) is 0 Å². The SMILES string of the molecule is COCCOc1nc2ccc(C(=O)O)cc2o1. The van der Waals surface area contributed by atoms with Gasteiger partial charge in [-0.1, -0.05) is 0 Å². The van der Waals surface area contributed by atoms with Gasteiger partial charge < -0.3 is 19.0 Å². The van der Waals surface area contributed by atoms with Crippen LogP contribution >= 0.6 is 0 Å². The number of aromatic nitrogens is 1. The molecule has 0 saturated heterocycles. The maximum Gasteiger partial charge on any atom is 0.394 e. The number of hydrogen-bond acceptors (Lipinski definition) is 5. The van der Waals surface area contributed by atoms with Crippen LogP contribution in [0.3, 0.4) is 0 Å². The van der Waals surface area contributed by atoms with Crippen LogP contribution < -0.4 is 4.74 Å². The number of aromatic carboxylic acids is 1. The molecule has 0 aliphatic rings. The summed E-state index contributed by atoms with van der Waals surface area (Å²) in [4.78, 5) is 14.8. The van der Waals surface area contributed by atoms with Gasteiger partial charge in [-0.05, 0) is 18.2 Å². The zero-order valence-corrected chi connectivity index (χ0v) is 9.17. The minimum Gasteiger partial charge on any atom is -0.478 e. The van der Waals surface area contributed by atoms with Crippen molar-refractivity contribution in [1.82, 2.24) is 4.98 Å². The van der Waals surface area contributed by atoms with Crippen LogP contribution in [-0.2, 0) is 4.74 Å². The Bertz CT molecular complexity index is 534.